The summed E-state index contributed by atoms with van der Waals surface area (Å²) in [6, 6.07) is 7.98. The highest BCUT2D eigenvalue weighted by Gasteiger charge is 2.12. The van der Waals surface area contributed by atoms with E-state index >= 15 is 0 Å². The van der Waals surface area contributed by atoms with Gasteiger partial charge in [-0.25, -0.2) is 0 Å². The number of carbonyl (C=O) groups excluding carboxylic acids is 1. The summed E-state index contributed by atoms with van der Waals surface area (Å²) in [6.45, 7) is 8.06. The van der Waals surface area contributed by atoms with Crippen LogP contribution in [0.1, 0.15) is 31.2 Å². The Labute approximate surface area is 112 Å². The fourth-order valence-electron chi connectivity index (χ4n) is 2.00. The summed E-state index contributed by atoms with van der Waals surface area (Å²) >= 11 is 1.65. The molecule has 0 aliphatic rings. The van der Waals surface area contributed by atoms with Crippen LogP contribution in [-0.2, 0) is 0 Å². The predicted octanol–water partition coefficient (Wildman–Crippen LogP) is 4.23. The van der Waals surface area contributed by atoms with Gasteiger partial charge in [-0.3, -0.25) is 4.79 Å². The molecule has 2 rings (SSSR count). The van der Waals surface area contributed by atoms with Gasteiger partial charge in [0.15, 0.2) is 0 Å². The van der Waals surface area contributed by atoms with Gasteiger partial charge in [-0.15, -0.1) is 11.3 Å². The summed E-state index contributed by atoms with van der Waals surface area (Å²) in [5, 5.41) is 2.98. The Morgan fingerprint density at radius 3 is 2.39 bits per heavy atom. The highest BCUT2D eigenvalue weighted by molar-refractivity contribution is 7.12. The molecule has 1 aromatic heterocycles. The van der Waals surface area contributed by atoms with Crippen LogP contribution in [0.15, 0.2) is 24.3 Å². The summed E-state index contributed by atoms with van der Waals surface area (Å²) in [6.07, 6.45) is 0. The highest BCUT2D eigenvalue weighted by atomic mass is 32.1. The van der Waals surface area contributed by atoms with Gasteiger partial charge in [0.2, 0.25) is 0 Å². The van der Waals surface area contributed by atoms with E-state index in [4.69, 9.17) is 0 Å². The third kappa shape index (κ3) is 2.62. The van der Waals surface area contributed by atoms with Gasteiger partial charge in [0, 0.05) is 15.4 Å². The van der Waals surface area contributed by atoms with Crippen LogP contribution in [-0.4, -0.2) is 5.91 Å². The van der Waals surface area contributed by atoms with Gasteiger partial charge in [-0.1, -0.05) is 17.7 Å². The Morgan fingerprint density at radius 2 is 1.83 bits per heavy atom. The molecule has 0 unspecified atom stereocenters. The lowest BCUT2D eigenvalue weighted by Crippen LogP contribution is -2.12. The number of carbonyl (C=O) groups is 1. The first-order chi connectivity index (χ1) is 8.47. The van der Waals surface area contributed by atoms with E-state index in [1.165, 1.54) is 10.4 Å². The third-order valence-electron chi connectivity index (χ3n) is 2.92. The first kappa shape index (κ1) is 12.8. The normalized spacial score (nSPS) is 10.4. The van der Waals surface area contributed by atoms with E-state index in [-0.39, 0.29) is 5.91 Å². The van der Waals surface area contributed by atoms with Gasteiger partial charge in [0.1, 0.15) is 0 Å². The number of rotatable bonds is 2. The minimum atomic E-state index is -0.0243. The maximum atomic E-state index is 12.2. The highest BCUT2D eigenvalue weighted by Crippen LogP contribution is 2.23. The third-order valence-corrected chi connectivity index (χ3v) is 3.88. The molecule has 1 N–H and O–H groups in total. The molecule has 0 spiro atoms. The molecular formula is C15H17NOS. The number of nitrogens with one attached hydrogen (secondary N) is 1. The van der Waals surface area contributed by atoms with Crippen molar-refractivity contribution in [2.45, 2.75) is 27.7 Å². The average Bonchev–Trinajstić information content (AvgIpc) is 2.62. The summed E-state index contributed by atoms with van der Waals surface area (Å²) in [4.78, 5) is 14.4. The number of thiophene rings is 1. The van der Waals surface area contributed by atoms with Crippen molar-refractivity contribution < 1.29 is 4.79 Å². The molecule has 0 aliphatic heterocycles. The molecule has 0 atom stereocenters. The monoisotopic (exact) mass is 259 g/mol. The van der Waals surface area contributed by atoms with Crippen LogP contribution in [0.2, 0.25) is 0 Å². The maximum absolute atomic E-state index is 12.2. The van der Waals surface area contributed by atoms with E-state index in [1.54, 1.807) is 11.3 Å². The van der Waals surface area contributed by atoms with Gasteiger partial charge in [-0.05, 0) is 45.4 Å². The van der Waals surface area contributed by atoms with Crippen molar-refractivity contribution in [3.05, 3.63) is 50.7 Å². The zero-order valence-electron chi connectivity index (χ0n) is 11.1. The Bertz CT molecular complexity index is 599. The predicted molar refractivity (Wildman–Crippen MR) is 77.7 cm³/mol. The van der Waals surface area contributed by atoms with E-state index in [1.807, 2.05) is 45.9 Å². The number of hydrogen-bond acceptors (Lipinski definition) is 2. The van der Waals surface area contributed by atoms with Crippen LogP contribution < -0.4 is 5.32 Å². The van der Waals surface area contributed by atoms with Crippen molar-refractivity contribution in [2.75, 3.05) is 5.32 Å². The van der Waals surface area contributed by atoms with E-state index < -0.39 is 0 Å². The number of amides is 1. The molecule has 1 aromatic carbocycles. The minimum absolute atomic E-state index is 0.0243. The van der Waals surface area contributed by atoms with Gasteiger partial charge < -0.3 is 5.32 Å². The van der Waals surface area contributed by atoms with Crippen molar-refractivity contribution in [3.63, 3.8) is 0 Å². The zero-order valence-corrected chi connectivity index (χ0v) is 11.9. The van der Waals surface area contributed by atoms with E-state index in [0.29, 0.717) is 0 Å². The topological polar surface area (TPSA) is 29.1 Å². The maximum Gasteiger partial charge on any atom is 0.256 e. The Kier molecular flexibility index (Phi) is 3.53. The Hall–Kier alpha value is -1.61. The van der Waals surface area contributed by atoms with Crippen LogP contribution in [0, 0.1) is 27.7 Å². The molecule has 1 heterocycles. The molecule has 3 heteroatoms. The fourth-order valence-corrected chi connectivity index (χ4v) is 2.92. The lowest BCUT2D eigenvalue weighted by molar-refractivity contribution is 0.102. The van der Waals surface area contributed by atoms with Gasteiger partial charge in [0.05, 0.1) is 5.56 Å². The van der Waals surface area contributed by atoms with Crippen molar-refractivity contribution in [2.24, 2.45) is 0 Å². The molecule has 0 radical (unpaired) electrons. The lowest BCUT2D eigenvalue weighted by Gasteiger charge is -2.08. The van der Waals surface area contributed by atoms with E-state index in [2.05, 4.69) is 11.4 Å². The molecule has 0 saturated heterocycles. The second kappa shape index (κ2) is 4.94. The van der Waals surface area contributed by atoms with Crippen molar-refractivity contribution >= 4 is 22.9 Å². The Balaban J connectivity index is 2.24. The molecule has 2 nitrogen and oxygen atoms in total. The van der Waals surface area contributed by atoms with E-state index in [9.17, 15) is 4.79 Å². The van der Waals surface area contributed by atoms with Crippen molar-refractivity contribution in [3.8, 4) is 0 Å². The second-order valence-corrected chi connectivity index (χ2v) is 6.06. The van der Waals surface area contributed by atoms with Gasteiger partial charge >= 0.3 is 0 Å². The molecule has 0 fully saturated rings. The standard InChI is InChI=1S/C15H17NOS/c1-9-5-6-14(10(2)7-9)16-15(17)13-8-11(3)18-12(13)4/h5-8H,1-4H3,(H,16,17). The molecular weight excluding hydrogens is 242 g/mol. The molecule has 18 heavy (non-hydrogen) atoms. The van der Waals surface area contributed by atoms with Gasteiger partial charge in [0.25, 0.3) is 5.91 Å². The van der Waals surface area contributed by atoms with Crippen molar-refractivity contribution in [1.82, 2.24) is 0 Å². The summed E-state index contributed by atoms with van der Waals surface area (Å²) in [5.41, 5.74) is 3.95. The van der Waals surface area contributed by atoms with Crippen LogP contribution in [0.3, 0.4) is 0 Å². The van der Waals surface area contributed by atoms with Gasteiger partial charge in [-0.2, -0.15) is 0 Å². The number of aryl methyl sites for hydroxylation is 4. The fraction of sp³-hybridized carbons (Fsp3) is 0.267. The van der Waals surface area contributed by atoms with Crippen LogP contribution >= 0.6 is 11.3 Å². The zero-order chi connectivity index (χ0) is 13.3. The smallest absolute Gasteiger partial charge is 0.256 e. The van der Waals surface area contributed by atoms with Crippen molar-refractivity contribution in [1.29, 1.82) is 0 Å². The molecule has 2 aromatic rings. The average molecular weight is 259 g/mol. The summed E-state index contributed by atoms with van der Waals surface area (Å²) < 4.78 is 0. The van der Waals surface area contributed by atoms with Crippen LogP contribution in [0.25, 0.3) is 0 Å². The molecule has 94 valence electrons. The SMILES string of the molecule is Cc1ccc(NC(=O)c2cc(C)sc2C)c(C)c1. The van der Waals surface area contributed by atoms with Crippen LogP contribution in [0.5, 0.6) is 0 Å². The lowest BCUT2D eigenvalue weighted by atomic mass is 10.1. The first-order valence-electron chi connectivity index (χ1n) is 5.93. The molecule has 0 saturated carbocycles. The molecule has 0 aliphatic carbocycles. The quantitative estimate of drug-likeness (QED) is 0.859. The summed E-state index contributed by atoms with van der Waals surface area (Å²) in [7, 11) is 0. The van der Waals surface area contributed by atoms with E-state index in [0.717, 1.165) is 21.7 Å². The molecule has 1 amide bonds. The Morgan fingerprint density at radius 1 is 1.11 bits per heavy atom. The molecule has 0 bridgehead atoms. The van der Waals surface area contributed by atoms with Crippen LogP contribution in [0.4, 0.5) is 5.69 Å². The number of anilines is 1. The largest absolute Gasteiger partial charge is 0.322 e. The first-order valence-corrected chi connectivity index (χ1v) is 6.74. The minimum Gasteiger partial charge on any atom is -0.322 e. The number of benzene rings is 1. The second-order valence-electron chi connectivity index (χ2n) is 4.60. The number of hydrogen-bond donors (Lipinski definition) is 1. The summed E-state index contributed by atoms with van der Waals surface area (Å²) in [5.74, 6) is -0.0243.